The average molecular weight is 579 g/mol. The summed E-state index contributed by atoms with van der Waals surface area (Å²) in [5.41, 5.74) is 6.83. The second-order valence-electron chi connectivity index (χ2n) is 10.6. The Balaban J connectivity index is 1.59. The lowest BCUT2D eigenvalue weighted by atomic mass is 9.84. The first-order valence-corrected chi connectivity index (χ1v) is 14.5. The summed E-state index contributed by atoms with van der Waals surface area (Å²) in [4.78, 5) is 0. The zero-order chi connectivity index (χ0) is 30.5. The fourth-order valence-corrected chi connectivity index (χ4v) is 5.98. The van der Waals surface area contributed by atoms with E-state index in [1.165, 1.54) is 0 Å². The molecule has 1 aliphatic carbocycles. The number of benzene rings is 5. The zero-order valence-corrected chi connectivity index (χ0v) is 24.0. The molecule has 44 heavy (non-hydrogen) atoms. The molecule has 5 aromatic carbocycles. The van der Waals surface area contributed by atoms with Crippen molar-refractivity contribution in [3.8, 4) is 34.4 Å². The van der Waals surface area contributed by atoms with Crippen LogP contribution in [0.1, 0.15) is 23.1 Å². The molecule has 6 rings (SSSR count). The van der Waals surface area contributed by atoms with Gasteiger partial charge in [-0.2, -0.15) is 10.5 Å². The maximum atomic E-state index is 9.75. The van der Waals surface area contributed by atoms with Crippen LogP contribution >= 0.6 is 0 Å². The van der Waals surface area contributed by atoms with Crippen molar-refractivity contribution in [2.24, 2.45) is 0 Å². The molecular formula is C38H30N2O4. The third kappa shape index (κ3) is 5.52. The molecule has 0 saturated carbocycles. The van der Waals surface area contributed by atoms with Gasteiger partial charge in [-0.15, -0.1) is 0 Å². The summed E-state index contributed by atoms with van der Waals surface area (Å²) in [5, 5.41) is 42.2. The van der Waals surface area contributed by atoms with E-state index in [2.05, 4.69) is 54.6 Å². The normalized spacial score (nSPS) is 13.5. The summed E-state index contributed by atoms with van der Waals surface area (Å²) >= 11 is 0. The molecule has 6 heteroatoms. The molecule has 0 fully saturated rings. The van der Waals surface area contributed by atoms with Gasteiger partial charge in [-0.05, 0) is 85.4 Å². The molecule has 0 radical (unpaired) electrons. The Hall–Kier alpha value is -5.08. The SMILES string of the molecule is N#Cc1cccc(-c2ccc3c(c2)=CCC(OCCO)(OCCO)C=3c2cccc3cc(-c4cccc(C#N)c4)ccc23)c1. The van der Waals surface area contributed by atoms with Crippen LogP contribution in [0, 0.1) is 22.7 Å². The van der Waals surface area contributed by atoms with Crippen LogP contribution in [0.3, 0.4) is 0 Å². The van der Waals surface area contributed by atoms with Gasteiger partial charge in [0.05, 0.1) is 49.7 Å². The van der Waals surface area contributed by atoms with Gasteiger partial charge in [0.25, 0.3) is 0 Å². The summed E-state index contributed by atoms with van der Waals surface area (Å²) < 4.78 is 12.7. The molecule has 2 N–H and O–H groups in total. The van der Waals surface area contributed by atoms with Crippen molar-refractivity contribution in [2.75, 3.05) is 26.4 Å². The van der Waals surface area contributed by atoms with Crippen LogP contribution in [0.15, 0.2) is 103 Å². The Bertz CT molecular complexity index is 2060. The van der Waals surface area contributed by atoms with Crippen LogP contribution in [-0.2, 0) is 9.47 Å². The highest BCUT2D eigenvalue weighted by Crippen LogP contribution is 2.39. The summed E-state index contributed by atoms with van der Waals surface area (Å²) in [6.45, 7) is -0.249. The number of nitriles is 2. The molecule has 0 heterocycles. The van der Waals surface area contributed by atoms with Gasteiger partial charge in [0.1, 0.15) is 0 Å². The van der Waals surface area contributed by atoms with Crippen molar-refractivity contribution in [3.05, 3.63) is 130 Å². The molecule has 0 atom stereocenters. The van der Waals surface area contributed by atoms with E-state index in [0.717, 1.165) is 54.6 Å². The molecule has 0 aliphatic heterocycles. The Morgan fingerprint density at radius 2 is 1.25 bits per heavy atom. The topological polar surface area (TPSA) is 106 Å². The van der Waals surface area contributed by atoms with E-state index >= 15 is 0 Å². The Morgan fingerprint density at radius 3 is 1.89 bits per heavy atom. The molecule has 1 aliphatic rings. The van der Waals surface area contributed by atoms with Crippen LogP contribution in [-0.4, -0.2) is 42.4 Å². The molecule has 0 spiro atoms. The number of aliphatic hydroxyl groups is 2. The highest BCUT2D eigenvalue weighted by molar-refractivity contribution is 5.97. The smallest absolute Gasteiger partial charge is 0.199 e. The first kappa shape index (κ1) is 29.0. The summed E-state index contributed by atoms with van der Waals surface area (Å²) in [7, 11) is 0. The van der Waals surface area contributed by atoms with Crippen LogP contribution in [0.5, 0.6) is 0 Å². The first-order valence-electron chi connectivity index (χ1n) is 14.5. The highest BCUT2D eigenvalue weighted by Gasteiger charge is 2.39. The lowest BCUT2D eigenvalue weighted by Crippen LogP contribution is -2.48. The minimum Gasteiger partial charge on any atom is -0.394 e. The lowest BCUT2D eigenvalue weighted by Gasteiger charge is -2.37. The number of aliphatic hydroxyl groups excluding tert-OH is 2. The summed E-state index contributed by atoms with van der Waals surface area (Å²) in [5.74, 6) is -1.24. The fraction of sp³-hybridized carbons (Fsp3) is 0.158. The molecule has 0 aromatic heterocycles. The van der Waals surface area contributed by atoms with Gasteiger partial charge in [0.15, 0.2) is 5.79 Å². The van der Waals surface area contributed by atoms with Crippen molar-refractivity contribution in [1.29, 1.82) is 10.5 Å². The standard InChI is InChI=1S/C38H30N2O4/c39-24-26-4-1-6-28(20-26)30-10-12-34-32(22-30)8-3-9-36(34)37-35-13-11-31(29-7-2-5-27(21-29)25-40)23-33(35)14-15-38(37,43-18-16-41)44-19-17-42/h1-14,20-23,41-42H,15-19H2. The van der Waals surface area contributed by atoms with Crippen LogP contribution < -0.4 is 10.4 Å². The van der Waals surface area contributed by atoms with E-state index in [1.807, 2.05) is 54.6 Å². The van der Waals surface area contributed by atoms with Crippen molar-refractivity contribution in [3.63, 3.8) is 0 Å². The predicted octanol–water partition coefficient (Wildman–Crippen LogP) is 5.01. The van der Waals surface area contributed by atoms with Gasteiger partial charge in [-0.3, -0.25) is 0 Å². The first-order chi connectivity index (χ1) is 21.6. The molecule has 216 valence electrons. The van der Waals surface area contributed by atoms with E-state index in [4.69, 9.17) is 9.47 Å². The van der Waals surface area contributed by atoms with Gasteiger partial charge >= 0.3 is 0 Å². The second kappa shape index (κ2) is 12.7. The number of rotatable bonds is 9. The molecule has 5 aromatic rings. The van der Waals surface area contributed by atoms with Gasteiger partial charge < -0.3 is 19.7 Å². The van der Waals surface area contributed by atoms with Gasteiger partial charge in [-0.25, -0.2) is 0 Å². The van der Waals surface area contributed by atoms with E-state index in [9.17, 15) is 20.7 Å². The van der Waals surface area contributed by atoms with Gasteiger partial charge in [-0.1, -0.05) is 72.8 Å². The zero-order valence-electron chi connectivity index (χ0n) is 24.0. The number of hydrogen-bond donors (Lipinski definition) is 2. The van der Waals surface area contributed by atoms with E-state index in [0.29, 0.717) is 17.5 Å². The van der Waals surface area contributed by atoms with Crippen LogP contribution in [0.2, 0.25) is 0 Å². The van der Waals surface area contributed by atoms with Crippen LogP contribution in [0.25, 0.3) is 44.7 Å². The maximum Gasteiger partial charge on any atom is 0.199 e. The highest BCUT2D eigenvalue weighted by atomic mass is 16.7. The minimum absolute atomic E-state index is 0.0568. The molecule has 0 saturated heterocycles. The largest absolute Gasteiger partial charge is 0.394 e. The number of nitrogens with zero attached hydrogens (tertiary/aromatic N) is 2. The van der Waals surface area contributed by atoms with E-state index < -0.39 is 5.79 Å². The third-order valence-electron chi connectivity index (χ3n) is 7.95. The maximum absolute atomic E-state index is 9.75. The van der Waals surface area contributed by atoms with E-state index in [1.54, 1.807) is 12.1 Å². The fourth-order valence-electron chi connectivity index (χ4n) is 5.98. The molecule has 0 amide bonds. The van der Waals surface area contributed by atoms with E-state index in [-0.39, 0.29) is 26.4 Å². The molecule has 6 nitrogen and oxygen atoms in total. The molecule has 0 bridgehead atoms. The Labute approximate surface area is 255 Å². The van der Waals surface area contributed by atoms with Crippen molar-refractivity contribution < 1.29 is 19.7 Å². The van der Waals surface area contributed by atoms with Crippen molar-refractivity contribution in [2.45, 2.75) is 12.2 Å². The number of ether oxygens (including phenoxy) is 2. The summed E-state index contributed by atoms with van der Waals surface area (Å²) in [6, 6.07) is 38.1. The number of fused-ring (bicyclic) bond motifs is 2. The Morgan fingerprint density at radius 1 is 0.659 bits per heavy atom. The quantitative estimate of drug-likeness (QED) is 0.238. The van der Waals surface area contributed by atoms with Crippen molar-refractivity contribution >= 4 is 22.4 Å². The van der Waals surface area contributed by atoms with Crippen LogP contribution in [0.4, 0.5) is 0 Å². The minimum atomic E-state index is -1.24. The molecular weight excluding hydrogens is 548 g/mol. The Kier molecular flexibility index (Phi) is 8.34. The third-order valence-corrected chi connectivity index (χ3v) is 7.95. The van der Waals surface area contributed by atoms with Gasteiger partial charge in [0.2, 0.25) is 0 Å². The van der Waals surface area contributed by atoms with Crippen molar-refractivity contribution in [1.82, 2.24) is 0 Å². The number of hydrogen-bond acceptors (Lipinski definition) is 6. The predicted molar refractivity (Wildman–Crippen MR) is 170 cm³/mol. The van der Waals surface area contributed by atoms with Gasteiger partial charge in [0, 0.05) is 12.0 Å². The average Bonchev–Trinajstić information content (AvgIpc) is 3.09. The molecule has 0 unspecified atom stereocenters. The second-order valence-corrected chi connectivity index (χ2v) is 10.6. The monoisotopic (exact) mass is 578 g/mol. The summed E-state index contributed by atoms with van der Waals surface area (Å²) in [6.07, 6.45) is 2.43. The lowest BCUT2D eigenvalue weighted by molar-refractivity contribution is -0.200.